The summed E-state index contributed by atoms with van der Waals surface area (Å²) < 4.78 is 9.59. The van der Waals surface area contributed by atoms with Crippen LogP contribution in [0.4, 0.5) is 5.13 Å². The van der Waals surface area contributed by atoms with Crippen LogP contribution < -0.4 is 10.2 Å². The highest BCUT2D eigenvalue weighted by Gasteiger charge is 2.45. The monoisotopic (exact) mass is 350 g/mol. The van der Waals surface area contributed by atoms with Gasteiger partial charge in [0, 0.05) is 37.3 Å². The van der Waals surface area contributed by atoms with Crippen molar-refractivity contribution in [3.05, 3.63) is 17.5 Å². The molecule has 9 heteroatoms. The van der Waals surface area contributed by atoms with Gasteiger partial charge in [-0.15, -0.1) is 0 Å². The average Bonchev–Trinajstić information content (AvgIpc) is 3.15. The van der Waals surface area contributed by atoms with Gasteiger partial charge in [-0.05, 0) is 6.42 Å². The van der Waals surface area contributed by atoms with Crippen LogP contribution in [0.5, 0.6) is 0 Å². The van der Waals surface area contributed by atoms with E-state index in [0.717, 1.165) is 17.5 Å². The van der Waals surface area contributed by atoms with Crippen LogP contribution >= 0.6 is 11.5 Å². The first-order valence-corrected chi connectivity index (χ1v) is 8.66. The van der Waals surface area contributed by atoms with E-state index in [-0.39, 0.29) is 11.3 Å². The number of nitrogens with one attached hydrogen (secondary N) is 1. The molecule has 130 valence electrons. The van der Waals surface area contributed by atoms with Crippen molar-refractivity contribution in [2.45, 2.75) is 52.0 Å². The first-order valence-electron chi connectivity index (χ1n) is 7.88. The Kier molecular flexibility index (Phi) is 4.06. The van der Waals surface area contributed by atoms with Gasteiger partial charge in [0.25, 0.3) is 0 Å². The summed E-state index contributed by atoms with van der Waals surface area (Å²) >= 11 is 1.38. The maximum absolute atomic E-state index is 11.7. The molecular formula is C15H22N6O2S. The van der Waals surface area contributed by atoms with Crippen molar-refractivity contribution in [3.8, 4) is 0 Å². The molecule has 1 atom stereocenters. The summed E-state index contributed by atoms with van der Waals surface area (Å²) in [5.74, 6) is 1.71. The maximum atomic E-state index is 11.7. The molecular weight excluding hydrogens is 328 g/mol. The number of carbonyl (C=O) groups is 1. The second kappa shape index (κ2) is 5.80. The molecule has 3 heterocycles. The molecule has 0 spiro atoms. The van der Waals surface area contributed by atoms with Crippen LogP contribution in [0.2, 0.25) is 0 Å². The number of amides is 1. The third-order valence-corrected chi connectivity index (χ3v) is 4.77. The minimum atomic E-state index is -0.656. The lowest BCUT2D eigenvalue weighted by atomic mass is 9.96. The number of nitrogens with zero attached hydrogens (tertiary/aromatic N) is 5. The van der Waals surface area contributed by atoms with Gasteiger partial charge in [0.15, 0.2) is 5.82 Å². The third kappa shape index (κ3) is 3.12. The fourth-order valence-electron chi connectivity index (χ4n) is 2.79. The molecule has 24 heavy (non-hydrogen) atoms. The zero-order chi connectivity index (χ0) is 17.5. The van der Waals surface area contributed by atoms with Gasteiger partial charge in [-0.25, -0.2) is 4.98 Å². The maximum Gasteiger partial charge on any atom is 0.223 e. The molecule has 2 aromatic heterocycles. The summed E-state index contributed by atoms with van der Waals surface area (Å²) in [4.78, 5) is 22.8. The minimum Gasteiger partial charge on any atom is -0.344 e. The Bertz CT molecular complexity index is 749. The highest BCUT2D eigenvalue weighted by atomic mass is 32.1. The quantitative estimate of drug-likeness (QED) is 0.901. The third-order valence-electron chi connectivity index (χ3n) is 4.00. The Morgan fingerprint density at radius 3 is 2.67 bits per heavy atom. The zero-order valence-corrected chi connectivity index (χ0v) is 15.4. The average molecular weight is 350 g/mol. The van der Waals surface area contributed by atoms with Crippen LogP contribution in [0.1, 0.15) is 51.7 Å². The summed E-state index contributed by atoms with van der Waals surface area (Å²) in [6.07, 6.45) is 0.690. The lowest BCUT2D eigenvalue weighted by Crippen LogP contribution is -2.48. The minimum absolute atomic E-state index is 0.0893. The van der Waals surface area contributed by atoms with Crippen LogP contribution in [0, 0.1) is 6.92 Å². The first kappa shape index (κ1) is 16.8. The first-order chi connectivity index (χ1) is 11.2. The van der Waals surface area contributed by atoms with E-state index in [0.29, 0.717) is 24.7 Å². The molecule has 0 radical (unpaired) electrons. The zero-order valence-electron chi connectivity index (χ0n) is 14.6. The molecule has 0 bridgehead atoms. The smallest absolute Gasteiger partial charge is 0.223 e. The topological polar surface area (TPSA) is 97.0 Å². The molecule has 8 nitrogen and oxygen atoms in total. The number of anilines is 1. The number of carbonyl (C=O) groups excluding carboxylic acids is 1. The highest BCUT2D eigenvalue weighted by molar-refractivity contribution is 7.09. The van der Waals surface area contributed by atoms with Crippen molar-refractivity contribution >= 4 is 22.6 Å². The number of hydrogen-bond donors (Lipinski definition) is 1. The molecule has 0 aromatic carbocycles. The van der Waals surface area contributed by atoms with Gasteiger partial charge in [0.2, 0.25) is 16.9 Å². The van der Waals surface area contributed by atoms with Crippen molar-refractivity contribution in [2.75, 3.05) is 18.0 Å². The largest absolute Gasteiger partial charge is 0.344 e. The van der Waals surface area contributed by atoms with Crippen LogP contribution in [-0.4, -0.2) is 38.5 Å². The summed E-state index contributed by atoms with van der Waals surface area (Å²) in [7, 11) is 0. The van der Waals surface area contributed by atoms with Crippen molar-refractivity contribution in [1.29, 1.82) is 0 Å². The van der Waals surface area contributed by atoms with Crippen molar-refractivity contribution in [1.82, 2.24) is 24.8 Å². The number of hydrogen-bond acceptors (Lipinski definition) is 8. The molecule has 1 aliphatic rings. The van der Waals surface area contributed by atoms with Gasteiger partial charge < -0.3 is 14.7 Å². The number of aromatic nitrogens is 4. The van der Waals surface area contributed by atoms with Gasteiger partial charge in [-0.1, -0.05) is 25.9 Å². The molecule has 1 amide bonds. The van der Waals surface area contributed by atoms with Crippen molar-refractivity contribution < 1.29 is 9.32 Å². The normalized spacial score (nSPS) is 21.3. The molecule has 2 aromatic rings. The highest BCUT2D eigenvalue weighted by Crippen LogP contribution is 2.35. The molecule has 0 aliphatic carbocycles. The van der Waals surface area contributed by atoms with E-state index in [9.17, 15) is 4.79 Å². The Morgan fingerprint density at radius 2 is 2.12 bits per heavy atom. The number of aryl methyl sites for hydroxylation is 1. The van der Waals surface area contributed by atoms with Crippen LogP contribution in [0.15, 0.2) is 4.52 Å². The van der Waals surface area contributed by atoms with E-state index in [4.69, 9.17) is 4.52 Å². The number of rotatable bonds is 3. The summed E-state index contributed by atoms with van der Waals surface area (Å²) in [6.45, 7) is 10.8. The summed E-state index contributed by atoms with van der Waals surface area (Å²) in [5.41, 5.74) is -0.745. The Morgan fingerprint density at radius 1 is 1.38 bits per heavy atom. The van der Waals surface area contributed by atoms with Crippen molar-refractivity contribution in [2.24, 2.45) is 0 Å². The van der Waals surface area contributed by atoms with E-state index < -0.39 is 5.54 Å². The fourth-order valence-corrected chi connectivity index (χ4v) is 3.67. The predicted molar refractivity (Wildman–Crippen MR) is 90.0 cm³/mol. The summed E-state index contributed by atoms with van der Waals surface area (Å²) in [5, 5.41) is 7.90. The Labute approximate surface area is 144 Å². The van der Waals surface area contributed by atoms with Crippen LogP contribution in [0.3, 0.4) is 0 Å². The molecule has 1 saturated heterocycles. The van der Waals surface area contributed by atoms with Gasteiger partial charge in [-0.2, -0.15) is 9.36 Å². The lowest BCUT2D eigenvalue weighted by Gasteiger charge is -2.26. The standard InChI is InChI=1S/C15H22N6O2S/c1-9(22)18-15(12-16-10(2)23-19-12)6-7-21(8-15)13-17-11(20-24-13)14(3,4)5/h6-8H2,1-5H3,(H,18,22)/t15-/m1/s1. The van der Waals surface area contributed by atoms with Gasteiger partial charge in [0.05, 0.1) is 6.54 Å². The Balaban J connectivity index is 1.87. The van der Waals surface area contributed by atoms with Gasteiger partial charge >= 0.3 is 0 Å². The lowest BCUT2D eigenvalue weighted by molar-refractivity contribution is -0.120. The fraction of sp³-hybridized carbons (Fsp3) is 0.667. The van der Waals surface area contributed by atoms with Gasteiger partial charge in [-0.3, -0.25) is 4.79 Å². The second-order valence-electron chi connectivity index (χ2n) is 7.22. The molecule has 1 fully saturated rings. The molecule has 0 saturated carbocycles. The van der Waals surface area contributed by atoms with Gasteiger partial charge in [0.1, 0.15) is 11.4 Å². The van der Waals surface area contributed by atoms with Crippen molar-refractivity contribution in [3.63, 3.8) is 0 Å². The van der Waals surface area contributed by atoms with E-state index in [2.05, 4.69) is 50.5 Å². The molecule has 3 rings (SSSR count). The summed E-state index contributed by atoms with van der Waals surface area (Å²) in [6, 6.07) is 0. The SMILES string of the molecule is CC(=O)N[C@]1(c2noc(C)n2)CCN(c2nc(C(C)(C)C)ns2)C1. The predicted octanol–water partition coefficient (Wildman–Crippen LogP) is 1.77. The van der Waals surface area contributed by atoms with E-state index in [1.807, 2.05) is 0 Å². The molecule has 1 N–H and O–H groups in total. The second-order valence-corrected chi connectivity index (χ2v) is 7.95. The van der Waals surface area contributed by atoms with Crippen LogP contribution in [-0.2, 0) is 15.7 Å². The van der Waals surface area contributed by atoms with E-state index in [1.54, 1.807) is 6.92 Å². The molecule has 0 unspecified atom stereocenters. The molecule has 1 aliphatic heterocycles. The Hall–Kier alpha value is -2.03. The van der Waals surface area contributed by atoms with E-state index >= 15 is 0 Å². The van der Waals surface area contributed by atoms with E-state index in [1.165, 1.54) is 18.5 Å². The van der Waals surface area contributed by atoms with Crippen LogP contribution in [0.25, 0.3) is 0 Å².